The average Bonchev–Trinajstić information content (AvgIpc) is 2.22. The lowest BCUT2D eigenvalue weighted by Gasteiger charge is -2.17. The van der Waals surface area contributed by atoms with E-state index in [1.807, 2.05) is 12.1 Å². The largest absolute Gasteiger partial charge is 0.314 e. The summed E-state index contributed by atoms with van der Waals surface area (Å²) in [4.78, 5) is 0. The molecule has 1 aromatic carbocycles. The minimum Gasteiger partial charge on any atom is -0.314 e. The molecule has 0 aliphatic carbocycles. The highest BCUT2D eigenvalue weighted by Gasteiger charge is 2.06. The van der Waals surface area contributed by atoms with Crippen molar-refractivity contribution in [3.63, 3.8) is 0 Å². The molecule has 0 bridgehead atoms. The van der Waals surface area contributed by atoms with Gasteiger partial charge in [0.2, 0.25) is 0 Å². The topological polar surface area (TPSA) is 12.0 Å². The van der Waals surface area contributed by atoms with Crippen LogP contribution in [0, 0.1) is 0 Å². The van der Waals surface area contributed by atoms with Crippen molar-refractivity contribution >= 4 is 11.6 Å². The molecule has 2 heteroatoms. The Hall–Kier alpha value is -0.530. The molecular formula is C13H20ClN. The molecule has 1 unspecified atom stereocenters. The number of nitrogens with one attached hydrogen (secondary N) is 1. The van der Waals surface area contributed by atoms with E-state index >= 15 is 0 Å². The van der Waals surface area contributed by atoms with Gasteiger partial charge < -0.3 is 5.32 Å². The Labute approximate surface area is 97.8 Å². The molecular weight excluding hydrogens is 206 g/mol. The van der Waals surface area contributed by atoms with Crippen molar-refractivity contribution in [2.45, 2.75) is 39.2 Å². The first kappa shape index (κ1) is 12.5. The van der Waals surface area contributed by atoms with Crippen molar-refractivity contribution in [3.05, 3.63) is 34.9 Å². The maximum atomic E-state index is 5.85. The van der Waals surface area contributed by atoms with Crippen molar-refractivity contribution < 1.29 is 0 Å². The van der Waals surface area contributed by atoms with Crippen molar-refractivity contribution in [1.29, 1.82) is 0 Å². The summed E-state index contributed by atoms with van der Waals surface area (Å²) in [6.07, 6.45) is 3.56. The Morgan fingerprint density at radius 1 is 1.20 bits per heavy atom. The van der Waals surface area contributed by atoms with E-state index in [0.29, 0.717) is 6.04 Å². The number of hydrogen-bond donors (Lipinski definition) is 1. The van der Waals surface area contributed by atoms with Crippen LogP contribution in [0.25, 0.3) is 0 Å². The molecule has 0 aliphatic rings. The van der Waals surface area contributed by atoms with Gasteiger partial charge >= 0.3 is 0 Å². The molecule has 1 atom stereocenters. The van der Waals surface area contributed by atoms with Crippen molar-refractivity contribution in [2.75, 3.05) is 6.54 Å². The average molecular weight is 226 g/mol. The van der Waals surface area contributed by atoms with Crippen molar-refractivity contribution in [2.24, 2.45) is 0 Å². The van der Waals surface area contributed by atoms with Gasteiger partial charge in [-0.1, -0.05) is 44.0 Å². The van der Waals surface area contributed by atoms with Crippen molar-refractivity contribution in [1.82, 2.24) is 5.32 Å². The second-order valence-corrected chi connectivity index (χ2v) is 4.31. The molecule has 0 spiro atoms. The number of likely N-dealkylation sites (N-methyl/N-ethyl adjacent to an activating group) is 1. The van der Waals surface area contributed by atoms with E-state index in [9.17, 15) is 0 Å². The predicted octanol–water partition coefficient (Wildman–Crippen LogP) is 3.66. The third-order valence-electron chi connectivity index (χ3n) is 2.53. The van der Waals surface area contributed by atoms with Crippen LogP contribution in [0.5, 0.6) is 0 Å². The molecule has 1 aromatic rings. The maximum Gasteiger partial charge on any atom is 0.0406 e. The fourth-order valence-electron chi connectivity index (χ4n) is 1.82. The Bertz CT molecular complexity index is 262. The zero-order valence-electron chi connectivity index (χ0n) is 9.59. The first-order chi connectivity index (χ1) is 7.26. The Morgan fingerprint density at radius 2 is 1.87 bits per heavy atom. The second kappa shape index (κ2) is 6.86. The Kier molecular flexibility index (Phi) is 5.74. The summed E-state index contributed by atoms with van der Waals surface area (Å²) < 4.78 is 0. The molecule has 0 saturated carbocycles. The second-order valence-electron chi connectivity index (χ2n) is 3.87. The summed E-state index contributed by atoms with van der Waals surface area (Å²) in [5.41, 5.74) is 1.36. The molecule has 0 heterocycles. The summed E-state index contributed by atoms with van der Waals surface area (Å²) in [5.74, 6) is 0. The standard InChI is InChI=1S/C13H20ClN/c1-3-5-13(15-4-2)10-11-6-8-12(14)9-7-11/h6-9,13,15H,3-5,10H2,1-2H3. The third-order valence-corrected chi connectivity index (χ3v) is 2.78. The van der Waals surface area contributed by atoms with Gasteiger partial charge in [0.15, 0.2) is 0 Å². The van der Waals surface area contributed by atoms with Crippen molar-refractivity contribution in [3.8, 4) is 0 Å². The van der Waals surface area contributed by atoms with Crippen LogP contribution in [0.1, 0.15) is 32.3 Å². The summed E-state index contributed by atoms with van der Waals surface area (Å²) >= 11 is 5.85. The molecule has 0 saturated heterocycles. The highest BCUT2D eigenvalue weighted by molar-refractivity contribution is 6.30. The van der Waals surface area contributed by atoms with E-state index in [1.165, 1.54) is 18.4 Å². The zero-order chi connectivity index (χ0) is 11.1. The van der Waals surface area contributed by atoms with Crippen LogP contribution >= 0.6 is 11.6 Å². The van der Waals surface area contributed by atoms with Gasteiger partial charge in [-0.2, -0.15) is 0 Å². The van der Waals surface area contributed by atoms with Gasteiger partial charge in [-0.3, -0.25) is 0 Å². The van der Waals surface area contributed by atoms with E-state index in [-0.39, 0.29) is 0 Å². The Balaban J connectivity index is 2.53. The SMILES string of the molecule is CCCC(Cc1ccc(Cl)cc1)NCC. The first-order valence-corrected chi connectivity index (χ1v) is 6.11. The van der Waals surface area contributed by atoms with Crippen LogP contribution in [-0.4, -0.2) is 12.6 Å². The number of hydrogen-bond acceptors (Lipinski definition) is 1. The van der Waals surface area contributed by atoms with Crippen LogP contribution < -0.4 is 5.32 Å². The summed E-state index contributed by atoms with van der Waals surface area (Å²) in [5, 5.41) is 4.33. The smallest absolute Gasteiger partial charge is 0.0406 e. The fraction of sp³-hybridized carbons (Fsp3) is 0.538. The summed E-state index contributed by atoms with van der Waals surface area (Å²) in [6, 6.07) is 8.75. The minimum atomic E-state index is 0.598. The molecule has 1 N–H and O–H groups in total. The quantitative estimate of drug-likeness (QED) is 0.779. The number of rotatable bonds is 6. The monoisotopic (exact) mass is 225 g/mol. The van der Waals surface area contributed by atoms with Gasteiger partial charge in [0.25, 0.3) is 0 Å². The van der Waals surface area contributed by atoms with E-state index < -0.39 is 0 Å². The lowest BCUT2D eigenvalue weighted by atomic mass is 10.0. The van der Waals surface area contributed by atoms with E-state index in [4.69, 9.17) is 11.6 Å². The zero-order valence-corrected chi connectivity index (χ0v) is 10.3. The predicted molar refractivity (Wildman–Crippen MR) is 67.5 cm³/mol. The molecule has 84 valence electrons. The van der Waals surface area contributed by atoms with Gasteiger partial charge in [-0.05, 0) is 37.1 Å². The Morgan fingerprint density at radius 3 is 2.40 bits per heavy atom. The maximum absolute atomic E-state index is 5.85. The normalized spacial score (nSPS) is 12.7. The molecule has 1 rings (SSSR count). The molecule has 0 amide bonds. The molecule has 0 radical (unpaired) electrons. The van der Waals surface area contributed by atoms with Gasteiger partial charge in [-0.25, -0.2) is 0 Å². The number of benzene rings is 1. The molecule has 1 nitrogen and oxygen atoms in total. The molecule has 15 heavy (non-hydrogen) atoms. The fourth-order valence-corrected chi connectivity index (χ4v) is 1.94. The molecule has 0 aliphatic heterocycles. The van der Waals surface area contributed by atoms with E-state index in [1.54, 1.807) is 0 Å². The molecule has 0 fully saturated rings. The van der Waals surface area contributed by atoms with Gasteiger partial charge in [0, 0.05) is 11.1 Å². The lowest BCUT2D eigenvalue weighted by Crippen LogP contribution is -2.30. The third kappa shape index (κ3) is 4.67. The van der Waals surface area contributed by atoms with Gasteiger partial charge in [0.05, 0.1) is 0 Å². The minimum absolute atomic E-state index is 0.598. The lowest BCUT2D eigenvalue weighted by molar-refractivity contribution is 0.486. The molecule has 0 aromatic heterocycles. The van der Waals surface area contributed by atoms with E-state index in [0.717, 1.165) is 18.0 Å². The van der Waals surface area contributed by atoms with Gasteiger partial charge in [0.1, 0.15) is 0 Å². The van der Waals surface area contributed by atoms with Crippen LogP contribution in [-0.2, 0) is 6.42 Å². The van der Waals surface area contributed by atoms with Crippen LogP contribution in [0.15, 0.2) is 24.3 Å². The summed E-state index contributed by atoms with van der Waals surface area (Å²) in [6.45, 7) is 5.43. The highest BCUT2D eigenvalue weighted by atomic mass is 35.5. The van der Waals surface area contributed by atoms with Gasteiger partial charge in [-0.15, -0.1) is 0 Å². The summed E-state index contributed by atoms with van der Waals surface area (Å²) in [7, 11) is 0. The van der Waals surface area contributed by atoms with Crippen LogP contribution in [0.3, 0.4) is 0 Å². The van der Waals surface area contributed by atoms with E-state index in [2.05, 4.69) is 31.3 Å². The van der Waals surface area contributed by atoms with Crippen LogP contribution in [0.2, 0.25) is 5.02 Å². The first-order valence-electron chi connectivity index (χ1n) is 5.74. The van der Waals surface area contributed by atoms with Crippen LogP contribution in [0.4, 0.5) is 0 Å². The highest BCUT2D eigenvalue weighted by Crippen LogP contribution is 2.12. The number of halogens is 1.